The minimum Gasteiger partial charge on any atom is -0.337 e. The predicted octanol–water partition coefficient (Wildman–Crippen LogP) is 0.849. The van der Waals surface area contributed by atoms with Crippen LogP contribution in [0.1, 0.15) is 35.3 Å². The lowest BCUT2D eigenvalue weighted by Crippen LogP contribution is -2.39. The van der Waals surface area contributed by atoms with Crippen LogP contribution in [0, 0.1) is 0 Å². The molecule has 2 saturated heterocycles. The highest BCUT2D eigenvalue weighted by Gasteiger charge is 2.36. The summed E-state index contributed by atoms with van der Waals surface area (Å²) in [5.41, 5.74) is 7.07. The number of carbonyl (C=O) groups excluding carboxylic acids is 1. The lowest BCUT2D eigenvalue weighted by atomic mass is 10.1. The number of carbonyl (C=O) groups is 1. The van der Waals surface area contributed by atoms with Crippen LogP contribution in [0.5, 0.6) is 0 Å². The van der Waals surface area contributed by atoms with Crippen LogP contribution in [0.3, 0.4) is 0 Å². The third-order valence-electron chi connectivity index (χ3n) is 4.71. The average molecular weight is 274 g/mol. The molecule has 2 aliphatic rings. The van der Waals surface area contributed by atoms with Crippen molar-refractivity contribution in [1.29, 1.82) is 0 Å². The molecular weight excluding hydrogens is 252 g/mol. The number of aromatic nitrogens is 1. The summed E-state index contributed by atoms with van der Waals surface area (Å²) in [4.78, 5) is 21.2. The molecule has 108 valence electrons. The van der Waals surface area contributed by atoms with Gasteiger partial charge < -0.3 is 10.6 Å². The quantitative estimate of drug-likeness (QED) is 0.868. The van der Waals surface area contributed by atoms with Crippen LogP contribution in [0.15, 0.2) is 18.3 Å². The first-order chi connectivity index (χ1) is 9.69. The van der Waals surface area contributed by atoms with Gasteiger partial charge in [-0.15, -0.1) is 0 Å². The van der Waals surface area contributed by atoms with Gasteiger partial charge in [0.1, 0.15) is 0 Å². The molecule has 0 spiro atoms. The lowest BCUT2D eigenvalue weighted by Gasteiger charge is -2.26. The summed E-state index contributed by atoms with van der Waals surface area (Å²) in [7, 11) is 2.19. The first kappa shape index (κ1) is 13.5. The maximum atomic E-state index is 12.6. The number of hydrogen-bond acceptors (Lipinski definition) is 4. The Kier molecular flexibility index (Phi) is 3.72. The molecule has 2 N–H and O–H groups in total. The highest BCUT2D eigenvalue weighted by molar-refractivity contribution is 5.94. The average Bonchev–Trinajstić information content (AvgIpc) is 2.71. The van der Waals surface area contributed by atoms with Gasteiger partial charge in [-0.05, 0) is 38.4 Å². The normalized spacial score (nSPS) is 26.6. The van der Waals surface area contributed by atoms with E-state index >= 15 is 0 Å². The van der Waals surface area contributed by atoms with Crippen molar-refractivity contribution in [3.63, 3.8) is 0 Å². The zero-order valence-corrected chi connectivity index (χ0v) is 12.0. The van der Waals surface area contributed by atoms with E-state index in [1.54, 1.807) is 12.3 Å². The standard InChI is InChI=1S/C15H22N4O/c1-18-13-2-3-14(18)10-19(7-5-13)15(20)11-4-6-17-12(8-11)9-16/h4,6,8,13-14H,2-3,5,7,9-10,16H2,1H3. The molecule has 2 atom stereocenters. The van der Waals surface area contributed by atoms with Gasteiger partial charge in [0, 0.05) is 43.5 Å². The summed E-state index contributed by atoms with van der Waals surface area (Å²) in [6, 6.07) is 4.76. The highest BCUT2D eigenvalue weighted by atomic mass is 16.2. The fraction of sp³-hybridized carbons (Fsp3) is 0.600. The fourth-order valence-electron chi connectivity index (χ4n) is 3.40. The third kappa shape index (κ3) is 2.43. The number of fused-ring (bicyclic) bond motifs is 2. The van der Waals surface area contributed by atoms with Crippen LogP contribution in [0.4, 0.5) is 0 Å². The second-order valence-corrected chi connectivity index (χ2v) is 5.83. The minimum atomic E-state index is 0.114. The van der Waals surface area contributed by atoms with Gasteiger partial charge in [-0.3, -0.25) is 14.7 Å². The van der Waals surface area contributed by atoms with Crippen LogP contribution in [-0.4, -0.2) is 52.9 Å². The van der Waals surface area contributed by atoms with Crippen molar-refractivity contribution in [3.05, 3.63) is 29.6 Å². The fourth-order valence-corrected chi connectivity index (χ4v) is 3.40. The number of amides is 1. The van der Waals surface area contributed by atoms with Crippen molar-refractivity contribution in [1.82, 2.24) is 14.8 Å². The van der Waals surface area contributed by atoms with Crippen LogP contribution < -0.4 is 5.73 Å². The van der Waals surface area contributed by atoms with Crippen molar-refractivity contribution in [2.24, 2.45) is 5.73 Å². The molecule has 0 saturated carbocycles. The molecule has 2 aliphatic heterocycles. The molecule has 1 amide bonds. The first-order valence-corrected chi connectivity index (χ1v) is 7.35. The van der Waals surface area contributed by atoms with Gasteiger partial charge in [-0.25, -0.2) is 0 Å². The molecule has 5 heteroatoms. The molecule has 1 aromatic heterocycles. The number of pyridine rings is 1. The zero-order chi connectivity index (χ0) is 14.1. The minimum absolute atomic E-state index is 0.114. The summed E-state index contributed by atoms with van der Waals surface area (Å²) in [5, 5.41) is 0. The lowest BCUT2D eigenvalue weighted by molar-refractivity contribution is 0.0740. The Labute approximate surface area is 119 Å². The Morgan fingerprint density at radius 2 is 2.20 bits per heavy atom. The Morgan fingerprint density at radius 3 is 3.00 bits per heavy atom. The largest absolute Gasteiger partial charge is 0.337 e. The topological polar surface area (TPSA) is 62.5 Å². The summed E-state index contributed by atoms with van der Waals surface area (Å²) in [5.74, 6) is 0.114. The molecule has 2 fully saturated rings. The Bertz CT molecular complexity index is 504. The Balaban J connectivity index is 1.77. The van der Waals surface area contributed by atoms with E-state index in [-0.39, 0.29) is 5.91 Å². The first-order valence-electron chi connectivity index (χ1n) is 7.35. The summed E-state index contributed by atoms with van der Waals surface area (Å²) in [6.45, 7) is 2.06. The van der Waals surface area contributed by atoms with E-state index in [2.05, 4.69) is 16.9 Å². The second kappa shape index (κ2) is 5.50. The zero-order valence-electron chi connectivity index (χ0n) is 12.0. The number of likely N-dealkylation sites (N-methyl/N-ethyl adjacent to an activating group) is 1. The van der Waals surface area contributed by atoms with E-state index in [4.69, 9.17) is 5.73 Å². The number of likely N-dealkylation sites (tertiary alicyclic amines) is 1. The van der Waals surface area contributed by atoms with Crippen LogP contribution in [0.2, 0.25) is 0 Å². The maximum Gasteiger partial charge on any atom is 0.254 e. The van der Waals surface area contributed by atoms with Gasteiger partial charge in [-0.2, -0.15) is 0 Å². The van der Waals surface area contributed by atoms with E-state index in [9.17, 15) is 4.79 Å². The summed E-state index contributed by atoms with van der Waals surface area (Å²) < 4.78 is 0. The molecule has 0 aliphatic carbocycles. The van der Waals surface area contributed by atoms with E-state index in [0.717, 1.165) is 25.2 Å². The van der Waals surface area contributed by atoms with Crippen molar-refractivity contribution in [2.75, 3.05) is 20.1 Å². The number of rotatable bonds is 2. The molecule has 2 bridgehead atoms. The van der Waals surface area contributed by atoms with Gasteiger partial charge >= 0.3 is 0 Å². The summed E-state index contributed by atoms with van der Waals surface area (Å²) in [6.07, 6.45) is 5.23. The van der Waals surface area contributed by atoms with E-state index in [1.165, 1.54) is 12.8 Å². The molecule has 0 aromatic carbocycles. The number of nitrogens with zero attached hydrogens (tertiary/aromatic N) is 3. The second-order valence-electron chi connectivity index (χ2n) is 5.83. The van der Waals surface area contributed by atoms with Crippen LogP contribution in [-0.2, 0) is 6.54 Å². The van der Waals surface area contributed by atoms with Crippen LogP contribution in [0.25, 0.3) is 0 Å². The van der Waals surface area contributed by atoms with Gasteiger partial charge in [0.15, 0.2) is 0 Å². The molecule has 5 nitrogen and oxygen atoms in total. The van der Waals surface area contributed by atoms with Crippen molar-refractivity contribution >= 4 is 5.91 Å². The molecule has 3 rings (SSSR count). The number of nitrogens with two attached hydrogens (primary N) is 1. The summed E-state index contributed by atoms with van der Waals surface area (Å²) >= 11 is 0. The van der Waals surface area contributed by atoms with E-state index in [0.29, 0.717) is 24.2 Å². The Hall–Kier alpha value is -1.46. The predicted molar refractivity (Wildman–Crippen MR) is 77.2 cm³/mol. The van der Waals surface area contributed by atoms with Gasteiger partial charge in [0.2, 0.25) is 0 Å². The maximum absolute atomic E-state index is 12.6. The molecule has 20 heavy (non-hydrogen) atoms. The van der Waals surface area contributed by atoms with Gasteiger partial charge in [0.25, 0.3) is 5.91 Å². The van der Waals surface area contributed by atoms with Gasteiger partial charge in [-0.1, -0.05) is 0 Å². The smallest absolute Gasteiger partial charge is 0.254 e. The Morgan fingerprint density at radius 1 is 1.40 bits per heavy atom. The molecular formula is C15H22N4O. The van der Waals surface area contributed by atoms with Crippen molar-refractivity contribution in [3.8, 4) is 0 Å². The highest BCUT2D eigenvalue weighted by Crippen LogP contribution is 2.28. The molecule has 2 unspecified atom stereocenters. The third-order valence-corrected chi connectivity index (χ3v) is 4.71. The van der Waals surface area contributed by atoms with Crippen LogP contribution >= 0.6 is 0 Å². The number of hydrogen-bond donors (Lipinski definition) is 1. The molecule has 1 aromatic rings. The van der Waals surface area contributed by atoms with Crippen molar-refractivity contribution < 1.29 is 4.79 Å². The molecule has 0 radical (unpaired) electrons. The SMILES string of the molecule is CN1C2CCC1CN(C(=O)c1ccnc(CN)c1)CC2. The molecule has 3 heterocycles. The monoisotopic (exact) mass is 274 g/mol. The van der Waals surface area contributed by atoms with Crippen molar-refractivity contribution in [2.45, 2.75) is 37.9 Å². The van der Waals surface area contributed by atoms with E-state index in [1.807, 2.05) is 11.0 Å². The van der Waals surface area contributed by atoms with Gasteiger partial charge in [0.05, 0.1) is 5.69 Å². The van der Waals surface area contributed by atoms with E-state index < -0.39 is 0 Å².